The molecule has 0 aliphatic carbocycles. The molecule has 0 spiro atoms. The lowest BCUT2D eigenvalue weighted by Gasteiger charge is -2.02. The number of halogens is 8. The molecule has 6 heterocycles. The van der Waals surface area contributed by atoms with Crippen LogP contribution in [0.25, 0.3) is 0 Å². The van der Waals surface area contributed by atoms with Crippen molar-refractivity contribution in [3.05, 3.63) is 139 Å². The molecular formula is C48H64F8O6. The highest BCUT2D eigenvalue weighted by Crippen LogP contribution is 2.34. The molecule has 0 aromatic carbocycles. The lowest BCUT2D eigenvalue weighted by atomic mass is 10.0. The standard InChI is InChI=1S/C11H18O.C9H14O.C8H11FO.C7H7F3O.C7H10O.C6H4F4O/c1-7(2)10-6-11(8(3)4)12-9(10)5;1-6(2)9-5-7(3)10-8(9)4;1-5(2)7-4-8(9)10-6(7)3;1-4-3-6(5(2)11-4)7(8,9)10;1-5-4-8-7(3)6(5)2;1-3-4(6(8,9)10)2-5(7)11-3/h6-8H,1-5H3;5-6H,1-4H3;4-5H,1-3H3;3H,1-2H3;4H,1-3H3;2H,1H3. The van der Waals surface area contributed by atoms with Crippen molar-refractivity contribution in [2.45, 2.75) is 161 Å². The minimum atomic E-state index is -4.53. The Bertz CT molecular complexity index is 2100. The van der Waals surface area contributed by atoms with Gasteiger partial charge in [-0.1, -0.05) is 55.4 Å². The lowest BCUT2D eigenvalue weighted by Crippen LogP contribution is -2.04. The van der Waals surface area contributed by atoms with E-state index in [1.807, 2.05) is 48.5 Å². The highest BCUT2D eigenvalue weighted by Gasteiger charge is 2.36. The summed E-state index contributed by atoms with van der Waals surface area (Å²) < 4.78 is 126. The second kappa shape index (κ2) is 23.5. The maximum atomic E-state index is 12.4. The fraction of sp³-hybridized carbons (Fsp3) is 0.500. The molecule has 6 aromatic rings. The van der Waals surface area contributed by atoms with Crippen LogP contribution in [0, 0.1) is 81.3 Å². The average molecular weight is 889 g/mol. The van der Waals surface area contributed by atoms with Gasteiger partial charge in [-0.15, -0.1) is 0 Å². The van der Waals surface area contributed by atoms with Crippen LogP contribution >= 0.6 is 0 Å². The first-order valence-electron chi connectivity index (χ1n) is 20.2. The van der Waals surface area contributed by atoms with Gasteiger partial charge in [-0.05, 0) is 133 Å². The van der Waals surface area contributed by atoms with Gasteiger partial charge in [-0.25, -0.2) is 0 Å². The van der Waals surface area contributed by atoms with Crippen molar-refractivity contribution < 1.29 is 61.6 Å². The number of rotatable bonds is 4. The smallest absolute Gasteiger partial charge is 0.419 e. The van der Waals surface area contributed by atoms with E-state index in [0.29, 0.717) is 35.5 Å². The van der Waals surface area contributed by atoms with Gasteiger partial charge in [0.05, 0.1) is 17.4 Å². The average Bonchev–Trinajstić information content (AvgIpc) is 3.98. The van der Waals surface area contributed by atoms with E-state index in [-0.39, 0.29) is 11.5 Å². The van der Waals surface area contributed by atoms with Gasteiger partial charge in [-0.2, -0.15) is 35.1 Å². The van der Waals surface area contributed by atoms with E-state index in [2.05, 4.69) is 65.0 Å². The van der Waals surface area contributed by atoms with Gasteiger partial charge in [0.1, 0.15) is 51.8 Å². The third kappa shape index (κ3) is 17.5. The number of aryl methyl sites for hydroxylation is 9. The van der Waals surface area contributed by atoms with Gasteiger partial charge in [0, 0.05) is 18.1 Å². The van der Waals surface area contributed by atoms with Gasteiger partial charge >= 0.3 is 12.4 Å². The molecule has 0 bridgehead atoms. The Kier molecular flexibility index (Phi) is 20.9. The molecule has 0 radical (unpaired) electrons. The Hall–Kier alpha value is -4.88. The first kappa shape index (κ1) is 55.1. The monoisotopic (exact) mass is 888 g/mol. The second-order valence-electron chi connectivity index (χ2n) is 16.2. The molecule has 0 atom stereocenters. The maximum absolute atomic E-state index is 12.4. The van der Waals surface area contributed by atoms with Gasteiger partial charge in [0.2, 0.25) is 0 Å². The maximum Gasteiger partial charge on any atom is 0.419 e. The Balaban J connectivity index is 0.000000373. The molecule has 0 saturated heterocycles. The fourth-order valence-electron chi connectivity index (χ4n) is 5.90. The van der Waals surface area contributed by atoms with Crippen molar-refractivity contribution in [3.8, 4) is 0 Å². The number of hydrogen-bond acceptors (Lipinski definition) is 6. The van der Waals surface area contributed by atoms with Crippen molar-refractivity contribution in [2.24, 2.45) is 0 Å². The van der Waals surface area contributed by atoms with E-state index < -0.39 is 41.3 Å². The molecule has 0 amide bonds. The van der Waals surface area contributed by atoms with Crippen molar-refractivity contribution >= 4 is 0 Å². The van der Waals surface area contributed by atoms with Crippen LogP contribution < -0.4 is 0 Å². The molecule has 0 saturated carbocycles. The first-order valence-corrected chi connectivity index (χ1v) is 20.2. The Morgan fingerprint density at radius 1 is 0.403 bits per heavy atom. The van der Waals surface area contributed by atoms with E-state index in [9.17, 15) is 35.1 Å². The molecule has 62 heavy (non-hydrogen) atoms. The minimum Gasteiger partial charge on any atom is -0.469 e. The molecule has 0 fully saturated rings. The molecule has 6 nitrogen and oxygen atoms in total. The summed E-state index contributed by atoms with van der Waals surface area (Å²) in [5, 5.41) is 0. The van der Waals surface area contributed by atoms with E-state index in [1.54, 1.807) is 13.2 Å². The molecule has 6 rings (SSSR count). The molecular weight excluding hydrogens is 825 g/mol. The van der Waals surface area contributed by atoms with Crippen LogP contribution in [0.2, 0.25) is 0 Å². The first-order chi connectivity index (χ1) is 28.3. The zero-order valence-electron chi connectivity index (χ0n) is 39.2. The number of hydrogen-bond donors (Lipinski definition) is 0. The van der Waals surface area contributed by atoms with Crippen LogP contribution in [0.4, 0.5) is 35.1 Å². The Labute approximate surface area is 361 Å². The van der Waals surface area contributed by atoms with Crippen LogP contribution in [0.3, 0.4) is 0 Å². The number of alkyl halides is 6. The minimum absolute atomic E-state index is 0.0741. The number of furan rings is 6. The molecule has 14 heteroatoms. The predicted octanol–water partition coefficient (Wildman–Crippen LogP) is 17.6. The summed E-state index contributed by atoms with van der Waals surface area (Å²) >= 11 is 0. The SMILES string of the molecule is Cc1cc(C(C)C)c(C)o1.Cc1cc(C(F)(F)F)c(C)o1.Cc1coc(C)c1C.Cc1oc(C(C)C)cc1C(C)C.Cc1oc(F)cc1C(C)C.Cc1oc(F)cc1C(F)(F)F. The lowest BCUT2D eigenvalue weighted by molar-refractivity contribution is -0.139. The second-order valence-corrected chi connectivity index (χ2v) is 16.2. The Morgan fingerprint density at radius 3 is 0.968 bits per heavy atom. The summed E-state index contributed by atoms with van der Waals surface area (Å²) in [7, 11) is 0. The summed E-state index contributed by atoms with van der Waals surface area (Å²) in [4.78, 5) is 0. The largest absolute Gasteiger partial charge is 0.469 e. The van der Waals surface area contributed by atoms with Crippen LogP contribution in [-0.2, 0) is 12.4 Å². The zero-order chi connectivity index (χ0) is 48.2. The van der Waals surface area contributed by atoms with E-state index in [4.69, 9.17) is 22.1 Å². The van der Waals surface area contributed by atoms with Crippen LogP contribution in [0.5, 0.6) is 0 Å². The van der Waals surface area contributed by atoms with E-state index >= 15 is 0 Å². The van der Waals surface area contributed by atoms with Gasteiger partial charge in [0.15, 0.2) is 0 Å². The molecule has 0 aliphatic heterocycles. The van der Waals surface area contributed by atoms with Gasteiger partial charge in [0.25, 0.3) is 12.0 Å². The summed E-state index contributed by atoms with van der Waals surface area (Å²) in [5.74, 6) is 7.73. The van der Waals surface area contributed by atoms with Crippen molar-refractivity contribution in [1.29, 1.82) is 0 Å². The summed E-state index contributed by atoms with van der Waals surface area (Å²) in [6.45, 7) is 34.8. The van der Waals surface area contributed by atoms with E-state index in [1.165, 1.54) is 42.2 Å². The van der Waals surface area contributed by atoms with Crippen molar-refractivity contribution in [3.63, 3.8) is 0 Å². The molecule has 0 unspecified atom stereocenters. The van der Waals surface area contributed by atoms with Gasteiger partial charge < -0.3 is 26.5 Å². The normalized spacial score (nSPS) is 11.3. The van der Waals surface area contributed by atoms with Crippen molar-refractivity contribution in [2.75, 3.05) is 0 Å². The molecule has 0 aliphatic rings. The third-order valence-electron chi connectivity index (χ3n) is 9.49. The quantitative estimate of drug-likeness (QED) is 0.164. The predicted molar refractivity (Wildman–Crippen MR) is 226 cm³/mol. The van der Waals surface area contributed by atoms with Crippen LogP contribution in [-0.4, -0.2) is 0 Å². The fourth-order valence-corrected chi connectivity index (χ4v) is 5.90. The Morgan fingerprint density at radius 2 is 0.774 bits per heavy atom. The summed E-state index contributed by atoms with van der Waals surface area (Å²) in [6, 6.07) is 5.37. The van der Waals surface area contributed by atoms with E-state index in [0.717, 1.165) is 47.4 Å². The van der Waals surface area contributed by atoms with Crippen LogP contribution in [0.15, 0.2) is 63.1 Å². The highest BCUT2D eigenvalue weighted by molar-refractivity contribution is 5.26. The topological polar surface area (TPSA) is 78.8 Å². The molecule has 348 valence electrons. The molecule has 6 aromatic heterocycles. The van der Waals surface area contributed by atoms with Crippen LogP contribution in [0.1, 0.15) is 170 Å². The molecule has 0 N–H and O–H groups in total. The summed E-state index contributed by atoms with van der Waals surface area (Å²) in [5.41, 5.74) is 4.39. The summed E-state index contributed by atoms with van der Waals surface area (Å²) in [6.07, 6.45) is -7.04. The van der Waals surface area contributed by atoms with Gasteiger partial charge in [-0.3, -0.25) is 0 Å². The highest BCUT2D eigenvalue weighted by atomic mass is 19.4. The third-order valence-corrected chi connectivity index (χ3v) is 9.49. The van der Waals surface area contributed by atoms with Crippen molar-refractivity contribution in [1.82, 2.24) is 0 Å². The zero-order valence-corrected chi connectivity index (χ0v) is 39.2.